The minimum absolute atomic E-state index is 0.00764. The van der Waals surface area contributed by atoms with Crippen molar-refractivity contribution in [1.82, 2.24) is 9.80 Å². The van der Waals surface area contributed by atoms with Crippen LogP contribution < -0.4 is 10.6 Å². The molecule has 0 heterocycles. The molecule has 0 saturated carbocycles. The van der Waals surface area contributed by atoms with Crippen molar-refractivity contribution in [2.75, 3.05) is 50.4 Å². The van der Waals surface area contributed by atoms with Gasteiger partial charge < -0.3 is 10.6 Å². The van der Waals surface area contributed by atoms with Gasteiger partial charge in [-0.2, -0.15) is 0 Å². The van der Waals surface area contributed by atoms with E-state index in [1.807, 2.05) is 76.0 Å². The zero-order valence-electron chi connectivity index (χ0n) is 21.1. The molecule has 6 nitrogen and oxygen atoms in total. The summed E-state index contributed by atoms with van der Waals surface area (Å²) in [6, 6.07) is 12.0. The minimum Gasteiger partial charge on any atom is -0.324 e. The number of rotatable bonds is 12. The van der Waals surface area contributed by atoms with Crippen molar-refractivity contribution in [2.45, 2.75) is 47.5 Å². The van der Waals surface area contributed by atoms with Gasteiger partial charge in [-0.1, -0.05) is 43.3 Å². The predicted molar refractivity (Wildman–Crippen MR) is 138 cm³/mol. The Morgan fingerprint density at radius 2 is 1.15 bits per heavy atom. The van der Waals surface area contributed by atoms with E-state index in [-0.39, 0.29) is 11.8 Å². The second-order valence-electron chi connectivity index (χ2n) is 8.94. The third-order valence-corrected chi connectivity index (χ3v) is 5.98. The Hall–Kier alpha value is -2.70. The van der Waals surface area contributed by atoms with Gasteiger partial charge in [-0.3, -0.25) is 19.4 Å². The van der Waals surface area contributed by atoms with Crippen molar-refractivity contribution < 1.29 is 9.59 Å². The van der Waals surface area contributed by atoms with Gasteiger partial charge in [0.1, 0.15) is 0 Å². The first-order valence-corrected chi connectivity index (χ1v) is 11.8. The molecule has 0 aliphatic carbocycles. The van der Waals surface area contributed by atoms with Gasteiger partial charge in [0, 0.05) is 11.4 Å². The molecule has 0 spiro atoms. The van der Waals surface area contributed by atoms with Gasteiger partial charge in [0.05, 0.1) is 13.1 Å². The van der Waals surface area contributed by atoms with E-state index >= 15 is 0 Å². The van der Waals surface area contributed by atoms with Gasteiger partial charge in [-0.25, -0.2) is 0 Å². The van der Waals surface area contributed by atoms with E-state index < -0.39 is 0 Å². The number of hydrogen-bond acceptors (Lipinski definition) is 4. The summed E-state index contributed by atoms with van der Waals surface area (Å²) in [5, 5.41) is 6.11. The lowest BCUT2D eigenvalue weighted by atomic mass is 10.1. The summed E-state index contributed by atoms with van der Waals surface area (Å²) in [7, 11) is 1.97. The fourth-order valence-electron chi connectivity index (χ4n) is 3.97. The number of likely N-dealkylation sites (N-methyl/N-ethyl adjacent to an activating group) is 2. The van der Waals surface area contributed by atoms with Crippen LogP contribution in [0.4, 0.5) is 11.4 Å². The Bertz CT molecular complexity index is 901. The van der Waals surface area contributed by atoms with Gasteiger partial charge in [0.15, 0.2) is 0 Å². The lowest BCUT2D eigenvalue weighted by Gasteiger charge is -2.22. The van der Waals surface area contributed by atoms with Crippen LogP contribution in [0.5, 0.6) is 0 Å². The van der Waals surface area contributed by atoms with Crippen molar-refractivity contribution in [2.24, 2.45) is 0 Å². The van der Waals surface area contributed by atoms with Crippen molar-refractivity contribution in [1.29, 1.82) is 0 Å². The van der Waals surface area contributed by atoms with Crippen LogP contribution in [0.2, 0.25) is 0 Å². The Morgan fingerprint density at radius 3 is 1.61 bits per heavy atom. The molecule has 0 radical (unpaired) electrons. The van der Waals surface area contributed by atoms with E-state index in [0.717, 1.165) is 66.1 Å². The van der Waals surface area contributed by atoms with Crippen molar-refractivity contribution in [3.63, 3.8) is 0 Å². The summed E-state index contributed by atoms with van der Waals surface area (Å²) < 4.78 is 0. The minimum atomic E-state index is 0.00764. The molecular formula is C27H40N4O2. The molecule has 2 aromatic rings. The standard InChI is InChI=1S/C27H40N4O2/c1-7-31(19-25(33)29-27-22(4)14-11-15-23(27)5)17-9-8-16-30(6)18-24(32)28-26-20(2)12-10-13-21(26)3/h10-15H,7-9,16-19H2,1-6H3,(H,28,32)(H,29,33). The number of anilines is 2. The van der Waals surface area contributed by atoms with Crippen molar-refractivity contribution in [3.05, 3.63) is 58.7 Å². The number of hydrogen-bond donors (Lipinski definition) is 2. The SMILES string of the molecule is CCN(CCCCN(C)CC(=O)Nc1c(C)cccc1C)CC(=O)Nc1c(C)cccc1C. The van der Waals surface area contributed by atoms with E-state index in [4.69, 9.17) is 0 Å². The van der Waals surface area contributed by atoms with Crippen LogP contribution in [0.3, 0.4) is 0 Å². The Morgan fingerprint density at radius 1 is 0.727 bits per heavy atom. The van der Waals surface area contributed by atoms with E-state index in [1.54, 1.807) is 0 Å². The van der Waals surface area contributed by atoms with E-state index in [9.17, 15) is 9.59 Å². The number of carbonyl (C=O) groups excluding carboxylic acids is 2. The van der Waals surface area contributed by atoms with Gasteiger partial charge in [-0.05, 0) is 89.5 Å². The van der Waals surface area contributed by atoms with Crippen LogP contribution in [-0.2, 0) is 9.59 Å². The molecule has 0 fully saturated rings. The molecule has 0 aliphatic rings. The molecule has 180 valence electrons. The molecule has 2 aromatic carbocycles. The second-order valence-corrected chi connectivity index (χ2v) is 8.94. The van der Waals surface area contributed by atoms with Gasteiger partial charge in [0.2, 0.25) is 11.8 Å². The van der Waals surface area contributed by atoms with Gasteiger partial charge in [0.25, 0.3) is 0 Å². The van der Waals surface area contributed by atoms with Crippen LogP contribution in [0.25, 0.3) is 0 Å². The highest BCUT2D eigenvalue weighted by Crippen LogP contribution is 2.20. The Balaban J connectivity index is 1.70. The monoisotopic (exact) mass is 452 g/mol. The molecule has 0 aliphatic heterocycles. The molecule has 2 N–H and O–H groups in total. The summed E-state index contributed by atoms with van der Waals surface area (Å²) in [6.07, 6.45) is 1.95. The normalized spacial score (nSPS) is 11.2. The summed E-state index contributed by atoms with van der Waals surface area (Å²) in [5.41, 5.74) is 6.14. The van der Waals surface area contributed by atoms with E-state index in [2.05, 4.69) is 22.5 Å². The maximum atomic E-state index is 12.5. The molecule has 2 rings (SSSR count). The first kappa shape index (κ1) is 26.6. The summed E-state index contributed by atoms with van der Waals surface area (Å²) >= 11 is 0. The van der Waals surface area contributed by atoms with Crippen molar-refractivity contribution in [3.8, 4) is 0 Å². The topological polar surface area (TPSA) is 64.7 Å². The van der Waals surface area contributed by atoms with Gasteiger partial charge >= 0.3 is 0 Å². The first-order chi connectivity index (χ1) is 15.7. The molecule has 0 aromatic heterocycles. The lowest BCUT2D eigenvalue weighted by molar-refractivity contribution is -0.118. The number of para-hydroxylation sites is 2. The molecule has 0 unspecified atom stereocenters. The number of aryl methyl sites for hydroxylation is 4. The second kappa shape index (κ2) is 13.1. The van der Waals surface area contributed by atoms with Crippen molar-refractivity contribution >= 4 is 23.2 Å². The highest BCUT2D eigenvalue weighted by molar-refractivity contribution is 5.94. The smallest absolute Gasteiger partial charge is 0.238 e. The maximum absolute atomic E-state index is 12.5. The zero-order valence-corrected chi connectivity index (χ0v) is 21.1. The summed E-state index contributed by atoms with van der Waals surface area (Å²) in [4.78, 5) is 29.2. The van der Waals surface area contributed by atoms with Crippen LogP contribution in [0.1, 0.15) is 42.0 Å². The largest absolute Gasteiger partial charge is 0.324 e. The van der Waals surface area contributed by atoms with Gasteiger partial charge in [-0.15, -0.1) is 0 Å². The molecule has 33 heavy (non-hydrogen) atoms. The zero-order chi connectivity index (χ0) is 24.4. The number of benzene rings is 2. The Kier molecular flexibility index (Phi) is 10.6. The predicted octanol–water partition coefficient (Wildman–Crippen LogP) is 4.53. The fourth-order valence-corrected chi connectivity index (χ4v) is 3.97. The number of amides is 2. The highest BCUT2D eigenvalue weighted by atomic mass is 16.2. The average molecular weight is 453 g/mol. The molecule has 2 amide bonds. The molecule has 6 heteroatoms. The van der Waals surface area contributed by atoms with Crippen LogP contribution in [0.15, 0.2) is 36.4 Å². The van der Waals surface area contributed by atoms with E-state index in [0.29, 0.717) is 13.1 Å². The molecule has 0 atom stereocenters. The number of unbranched alkanes of at least 4 members (excludes halogenated alkanes) is 1. The molecule has 0 bridgehead atoms. The third-order valence-electron chi connectivity index (χ3n) is 5.98. The third kappa shape index (κ3) is 8.63. The fraction of sp³-hybridized carbons (Fsp3) is 0.481. The quantitative estimate of drug-likeness (QED) is 0.465. The average Bonchev–Trinajstić information content (AvgIpc) is 2.75. The summed E-state index contributed by atoms with van der Waals surface area (Å²) in [5.74, 6) is 0.0304. The van der Waals surface area contributed by atoms with Crippen LogP contribution in [0, 0.1) is 27.7 Å². The van der Waals surface area contributed by atoms with Crippen LogP contribution >= 0.6 is 0 Å². The van der Waals surface area contributed by atoms with Crippen LogP contribution in [-0.4, -0.2) is 61.4 Å². The maximum Gasteiger partial charge on any atom is 0.238 e. The van der Waals surface area contributed by atoms with E-state index in [1.165, 1.54) is 0 Å². The number of carbonyl (C=O) groups is 2. The molecule has 0 saturated heterocycles. The molecular weight excluding hydrogens is 412 g/mol. The first-order valence-electron chi connectivity index (χ1n) is 11.8. The highest BCUT2D eigenvalue weighted by Gasteiger charge is 2.13. The number of nitrogens with one attached hydrogen (secondary N) is 2. The summed E-state index contributed by atoms with van der Waals surface area (Å²) in [6.45, 7) is 13.4. The Labute approximate surface area is 199 Å². The number of nitrogens with zero attached hydrogens (tertiary/aromatic N) is 2. The lowest BCUT2D eigenvalue weighted by Crippen LogP contribution is -2.35.